The summed E-state index contributed by atoms with van der Waals surface area (Å²) in [6.07, 6.45) is 3.05. The fraction of sp³-hybridized carbons (Fsp3) is 0.312. The van der Waals surface area contributed by atoms with Crippen LogP contribution in [0.3, 0.4) is 0 Å². The van der Waals surface area contributed by atoms with Gasteiger partial charge in [-0.3, -0.25) is 4.98 Å². The molecule has 0 aliphatic rings. The van der Waals surface area contributed by atoms with Gasteiger partial charge in [0.05, 0.1) is 26.5 Å². The third kappa shape index (κ3) is 3.08. The van der Waals surface area contributed by atoms with Gasteiger partial charge in [0.2, 0.25) is 0 Å². The average Bonchev–Trinajstić information content (AvgIpc) is 2.47. The molecule has 0 radical (unpaired) electrons. The molecule has 106 valence electrons. The number of hydrogen-bond acceptors (Lipinski definition) is 4. The molecule has 4 heteroatoms. The summed E-state index contributed by atoms with van der Waals surface area (Å²) in [4.78, 5) is 3.99. The van der Waals surface area contributed by atoms with Crippen LogP contribution in [0.4, 0.5) is 0 Å². The number of benzene rings is 1. The lowest BCUT2D eigenvalue weighted by atomic mass is 9.99. The van der Waals surface area contributed by atoms with Crippen molar-refractivity contribution in [3.05, 3.63) is 53.3 Å². The number of rotatable bonds is 5. The van der Waals surface area contributed by atoms with E-state index in [9.17, 15) is 5.11 Å². The summed E-state index contributed by atoms with van der Waals surface area (Å²) in [5.74, 6) is 1.37. The Labute approximate surface area is 119 Å². The molecule has 1 aromatic carbocycles. The van der Waals surface area contributed by atoms with Gasteiger partial charge in [-0.15, -0.1) is 0 Å². The molecule has 0 bridgehead atoms. The quantitative estimate of drug-likeness (QED) is 0.910. The largest absolute Gasteiger partial charge is 0.496 e. The number of ether oxygens (including phenoxy) is 2. The smallest absolute Gasteiger partial charge is 0.142 e. The monoisotopic (exact) mass is 273 g/mol. The van der Waals surface area contributed by atoms with Gasteiger partial charge in [0.15, 0.2) is 0 Å². The Hall–Kier alpha value is -2.07. The highest BCUT2D eigenvalue weighted by atomic mass is 16.5. The van der Waals surface area contributed by atoms with Gasteiger partial charge < -0.3 is 14.6 Å². The van der Waals surface area contributed by atoms with Crippen LogP contribution in [0.5, 0.6) is 11.5 Å². The Kier molecular flexibility index (Phi) is 4.58. The van der Waals surface area contributed by atoms with E-state index in [-0.39, 0.29) is 0 Å². The van der Waals surface area contributed by atoms with Crippen LogP contribution in [-0.2, 0) is 6.42 Å². The first-order valence-electron chi connectivity index (χ1n) is 6.45. The normalized spacial score (nSPS) is 12.0. The van der Waals surface area contributed by atoms with Crippen LogP contribution in [0, 0.1) is 6.92 Å². The summed E-state index contributed by atoms with van der Waals surface area (Å²) < 4.78 is 10.6. The summed E-state index contributed by atoms with van der Waals surface area (Å²) in [6, 6.07) is 7.70. The third-order valence-corrected chi connectivity index (χ3v) is 3.24. The molecule has 0 amide bonds. The Bertz CT molecular complexity index is 584. The molecule has 0 aliphatic carbocycles. The minimum absolute atomic E-state index is 0.464. The van der Waals surface area contributed by atoms with E-state index >= 15 is 0 Å². The van der Waals surface area contributed by atoms with E-state index in [0.29, 0.717) is 12.2 Å². The number of pyridine rings is 1. The predicted octanol–water partition coefficient (Wildman–Crippen LogP) is 2.68. The summed E-state index contributed by atoms with van der Waals surface area (Å²) in [6.45, 7) is 2.02. The Morgan fingerprint density at radius 2 is 1.90 bits per heavy atom. The molecule has 1 unspecified atom stereocenters. The van der Waals surface area contributed by atoms with Crippen LogP contribution in [-0.4, -0.2) is 24.3 Å². The molecule has 0 saturated carbocycles. The van der Waals surface area contributed by atoms with E-state index in [1.807, 2.05) is 25.1 Å². The molecular weight excluding hydrogens is 254 g/mol. The van der Waals surface area contributed by atoms with Gasteiger partial charge in [-0.2, -0.15) is 0 Å². The highest BCUT2D eigenvalue weighted by molar-refractivity contribution is 5.39. The minimum atomic E-state index is -0.663. The molecule has 1 atom stereocenters. The van der Waals surface area contributed by atoms with Crippen molar-refractivity contribution in [1.29, 1.82) is 0 Å². The first-order valence-corrected chi connectivity index (χ1v) is 6.45. The molecule has 2 aromatic rings. The van der Waals surface area contributed by atoms with Crippen LogP contribution < -0.4 is 9.47 Å². The third-order valence-electron chi connectivity index (χ3n) is 3.24. The SMILES string of the molecule is COc1ccc(C)cc1CC(O)c1ccncc1OC. The maximum atomic E-state index is 10.4. The molecule has 0 aliphatic heterocycles. The minimum Gasteiger partial charge on any atom is -0.496 e. The van der Waals surface area contributed by atoms with Gasteiger partial charge in [-0.05, 0) is 24.6 Å². The Morgan fingerprint density at radius 1 is 1.15 bits per heavy atom. The number of nitrogens with zero attached hydrogens (tertiary/aromatic N) is 1. The number of aryl methyl sites for hydroxylation is 1. The number of aliphatic hydroxyl groups is 1. The molecule has 4 nitrogen and oxygen atoms in total. The zero-order chi connectivity index (χ0) is 14.5. The highest BCUT2D eigenvalue weighted by Gasteiger charge is 2.16. The molecule has 0 fully saturated rings. The maximum Gasteiger partial charge on any atom is 0.142 e. The number of aliphatic hydroxyl groups excluding tert-OH is 1. The van der Waals surface area contributed by atoms with Crippen molar-refractivity contribution in [2.45, 2.75) is 19.4 Å². The van der Waals surface area contributed by atoms with Gasteiger partial charge in [-0.1, -0.05) is 17.7 Å². The summed E-state index contributed by atoms with van der Waals surface area (Å²) in [7, 11) is 3.20. The van der Waals surface area contributed by atoms with E-state index in [2.05, 4.69) is 4.98 Å². The van der Waals surface area contributed by atoms with Crippen molar-refractivity contribution in [2.24, 2.45) is 0 Å². The second-order valence-corrected chi connectivity index (χ2v) is 4.65. The molecular formula is C16H19NO3. The number of methoxy groups -OCH3 is 2. The van der Waals surface area contributed by atoms with E-state index in [4.69, 9.17) is 9.47 Å². The number of hydrogen-bond donors (Lipinski definition) is 1. The maximum absolute atomic E-state index is 10.4. The summed E-state index contributed by atoms with van der Waals surface area (Å²) >= 11 is 0. The van der Waals surface area contributed by atoms with Crippen LogP contribution in [0.25, 0.3) is 0 Å². The lowest BCUT2D eigenvalue weighted by Gasteiger charge is -2.16. The zero-order valence-electron chi connectivity index (χ0n) is 12.0. The Balaban J connectivity index is 2.27. The van der Waals surface area contributed by atoms with E-state index in [1.54, 1.807) is 32.7 Å². The van der Waals surface area contributed by atoms with Crippen LogP contribution in [0.1, 0.15) is 22.8 Å². The molecule has 1 aromatic heterocycles. The molecule has 20 heavy (non-hydrogen) atoms. The lowest BCUT2D eigenvalue weighted by molar-refractivity contribution is 0.172. The molecule has 0 saturated heterocycles. The van der Waals surface area contributed by atoms with Crippen LogP contribution in [0.15, 0.2) is 36.7 Å². The number of aromatic nitrogens is 1. The van der Waals surface area contributed by atoms with Crippen molar-refractivity contribution < 1.29 is 14.6 Å². The second kappa shape index (κ2) is 6.39. The predicted molar refractivity (Wildman–Crippen MR) is 77.2 cm³/mol. The second-order valence-electron chi connectivity index (χ2n) is 4.65. The molecule has 2 rings (SSSR count). The topological polar surface area (TPSA) is 51.6 Å². The Morgan fingerprint density at radius 3 is 2.60 bits per heavy atom. The summed E-state index contributed by atoms with van der Waals surface area (Å²) in [5, 5.41) is 10.4. The van der Waals surface area contributed by atoms with Crippen molar-refractivity contribution in [1.82, 2.24) is 4.98 Å². The van der Waals surface area contributed by atoms with Crippen molar-refractivity contribution in [3.8, 4) is 11.5 Å². The van der Waals surface area contributed by atoms with Crippen molar-refractivity contribution in [3.63, 3.8) is 0 Å². The van der Waals surface area contributed by atoms with Gasteiger partial charge in [0.1, 0.15) is 11.5 Å². The fourth-order valence-electron chi connectivity index (χ4n) is 2.22. The van der Waals surface area contributed by atoms with E-state index in [1.165, 1.54) is 0 Å². The summed E-state index contributed by atoms with van der Waals surface area (Å²) in [5.41, 5.74) is 2.83. The van der Waals surface area contributed by atoms with Gasteiger partial charge >= 0.3 is 0 Å². The van der Waals surface area contributed by atoms with Gasteiger partial charge in [0, 0.05) is 18.2 Å². The zero-order valence-corrected chi connectivity index (χ0v) is 12.0. The van der Waals surface area contributed by atoms with E-state index < -0.39 is 6.10 Å². The molecule has 1 N–H and O–H groups in total. The molecule has 0 spiro atoms. The average molecular weight is 273 g/mol. The van der Waals surface area contributed by atoms with Gasteiger partial charge in [-0.25, -0.2) is 0 Å². The fourth-order valence-corrected chi connectivity index (χ4v) is 2.22. The van der Waals surface area contributed by atoms with Crippen LogP contribution in [0.2, 0.25) is 0 Å². The van der Waals surface area contributed by atoms with Crippen LogP contribution >= 0.6 is 0 Å². The van der Waals surface area contributed by atoms with E-state index in [0.717, 1.165) is 22.4 Å². The van der Waals surface area contributed by atoms with Gasteiger partial charge in [0.25, 0.3) is 0 Å². The first-order chi connectivity index (χ1) is 9.65. The van der Waals surface area contributed by atoms with Crippen molar-refractivity contribution >= 4 is 0 Å². The first kappa shape index (κ1) is 14.3. The lowest BCUT2D eigenvalue weighted by Crippen LogP contribution is -2.06. The highest BCUT2D eigenvalue weighted by Crippen LogP contribution is 2.30. The van der Waals surface area contributed by atoms with Crippen molar-refractivity contribution in [2.75, 3.05) is 14.2 Å². The molecule has 1 heterocycles. The standard InChI is InChI=1S/C16H19NO3/c1-11-4-5-15(19-2)12(8-11)9-14(18)13-6-7-17-10-16(13)20-3/h4-8,10,14,18H,9H2,1-3H3.